The van der Waals surface area contributed by atoms with E-state index >= 15 is 0 Å². The molecule has 0 bridgehead atoms. The van der Waals surface area contributed by atoms with Gasteiger partial charge < -0.3 is 14.9 Å². The van der Waals surface area contributed by atoms with Gasteiger partial charge in [0.05, 0.1) is 0 Å². The molecule has 10 rings (SSSR count). The first kappa shape index (κ1) is 50.2. The number of halogens is 2. The van der Waals surface area contributed by atoms with Crippen LogP contribution in [0.25, 0.3) is 0 Å². The van der Waals surface area contributed by atoms with Gasteiger partial charge in [-0.1, -0.05) is 144 Å². The summed E-state index contributed by atoms with van der Waals surface area (Å²) >= 11 is -0.826. The average molecular weight is 977 g/mol. The van der Waals surface area contributed by atoms with Crippen LogP contribution in [0.3, 0.4) is 0 Å². The van der Waals surface area contributed by atoms with Crippen LogP contribution in [0, 0.1) is 141 Å². The molecule has 4 aromatic rings. The Bertz CT molecular complexity index is 2000. The molecule has 6 fully saturated rings. The molecule has 0 amide bonds. The zero-order valence-electron chi connectivity index (χ0n) is 41.8. The van der Waals surface area contributed by atoms with E-state index in [0.29, 0.717) is 23.7 Å². The zero-order chi connectivity index (χ0) is 43.7. The fraction of sp³-hybridized carbons (Fsp3) is 0.574. The Balaban J connectivity index is 0.00000119. The van der Waals surface area contributed by atoms with E-state index in [1.807, 2.05) is 0 Å². The third-order valence-electron chi connectivity index (χ3n) is 18.6. The first-order chi connectivity index (χ1) is 29.7. The molecule has 6 aliphatic carbocycles. The predicted octanol–water partition coefficient (Wildman–Crippen LogP) is 17.9. The first-order valence-electron chi connectivity index (χ1n) is 25.0. The minimum absolute atomic E-state index is 0. The summed E-state index contributed by atoms with van der Waals surface area (Å²) in [6.45, 7) is 24.4. The Morgan fingerprint density at radius 2 is 0.625 bits per heavy atom. The van der Waals surface area contributed by atoms with Crippen molar-refractivity contribution in [3.8, 4) is 0 Å². The molecule has 4 aromatic carbocycles. The normalized spacial score (nSPS) is 35.7. The van der Waals surface area contributed by atoms with E-state index in [9.17, 15) is 0 Å². The van der Waals surface area contributed by atoms with Crippen molar-refractivity contribution < 1.29 is 20.8 Å². The molecule has 0 aromatic heterocycles. The topological polar surface area (TPSA) is 0 Å². The molecule has 0 aliphatic heterocycles. The second-order valence-electron chi connectivity index (χ2n) is 22.8. The van der Waals surface area contributed by atoms with Crippen molar-refractivity contribution in [3.63, 3.8) is 0 Å². The molecule has 6 saturated carbocycles. The summed E-state index contributed by atoms with van der Waals surface area (Å²) in [6.07, 6.45) is 12.8. The van der Waals surface area contributed by atoms with Gasteiger partial charge in [0.15, 0.2) is 0 Å². The number of hydrogen-bond acceptors (Lipinski definition) is 0. The van der Waals surface area contributed by atoms with Gasteiger partial charge in [-0.05, 0) is 217 Å². The van der Waals surface area contributed by atoms with E-state index in [1.165, 1.54) is 102 Å². The molecule has 16 unspecified atom stereocenters. The second-order valence-corrected chi connectivity index (χ2v) is 26.6. The summed E-state index contributed by atoms with van der Waals surface area (Å²) in [5.74, 6) is 12.2. The Kier molecular flexibility index (Phi) is 16.1. The molecule has 3 heteroatoms. The van der Waals surface area contributed by atoms with Crippen molar-refractivity contribution in [3.05, 3.63) is 154 Å². The van der Waals surface area contributed by atoms with Crippen LogP contribution in [0.2, 0.25) is 0 Å². The fourth-order valence-electron chi connectivity index (χ4n) is 17.6. The van der Waals surface area contributed by atoms with E-state index in [0.717, 1.165) is 71.0 Å². The van der Waals surface area contributed by atoms with E-state index in [4.69, 9.17) is 17.0 Å². The van der Waals surface area contributed by atoms with Crippen LogP contribution in [-0.2, 0) is 20.8 Å². The third kappa shape index (κ3) is 9.40. The molecule has 344 valence electrons. The Hall–Kier alpha value is -1.66. The van der Waals surface area contributed by atoms with Crippen LogP contribution in [0.1, 0.15) is 162 Å². The molecule has 64 heavy (non-hydrogen) atoms. The summed E-state index contributed by atoms with van der Waals surface area (Å²) < 4.78 is 0. The number of benzene rings is 4. The van der Waals surface area contributed by atoms with Crippen molar-refractivity contribution in [1.82, 2.24) is 0 Å². The number of hydrogen-bond donors (Lipinski definition) is 0. The molecule has 0 N–H and O–H groups in total. The standard InChI is InChI=1S/C59H76.2CH3.2ClH.Zr/c1-32-17-33(2)22-42(21-32)54-46-13-11-15-48(46)56(44-25-36(5)19-37(6)26-44)58-50(40(9)29-52(54)58)31-51-41(10)30-53-55(43-23-34(3)18-35(4)24-43)47-14-12-16-49(47)57(59(51)53)45-27-38(7)20-39(8)28-45;;;;;/h17-28,40-41,46-59H,11-16,29-31H2,1-10H3;2*1H3;2*1H;/q;2*-1;;;+4/p-2. The molecule has 6 aliphatic rings. The maximum atomic E-state index is 4.93. The Labute approximate surface area is 410 Å². The summed E-state index contributed by atoms with van der Waals surface area (Å²) in [5, 5.41) is 0. The van der Waals surface area contributed by atoms with Crippen LogP contribution in [0.4, 0.5) is 0 Å². The first-order valence-corrected chi connectivity index (χ1v) is 31.4. The number of fused-ring (bicyclic) bond motifs is 4. The summed E-state index contributed by atoms with van der Waals surface area (Å²) in [5.41, 5.74) is 18.6. The van der Waals surface area contributed by atoms with Gasteiger partial charge in [-0.2, -0.15) is 0 Å². The van der Waals surface area contributed by atoms with Crippen molar-refractivity contribution in [2.45, 2.75) is 151 Å². The molecular formula is C61H82Cl2Zr. The summed E-state index contributed by atoms with van der Waals surface area (Å²) in [7, 11) is 9.87. The van der Waals surface area contributed by atoms with Gasteiger partial charge in [-0.3, -0.25) is 0 Å². The monoisotopic (exact) mass is 974 g/mol. The van der Waals surface area contributed by atoms with Gasteiger partial charge >= 0.3 is 37.9 Å². The van der Waals surface area contributed by atoms with Crippen molar-refractivity contribution in [2.75, 3.05) is 0 Å². The van der Waals surface area contributed by atoms with E-state index in [2.05, 4.69) is 142 Å². The maximum absolute atomic E-state index is 4.93. The fourth-order valence-corrected chi connectivity index (χ4v) is 17.6. The molecule has 16 atom stereocenters. The van der Waals surface area contributed by atoms with Crippen LogP contribution in [0.15, 0.2) is 72.8 Å². The third-order valence-corrected chi connectivity index (χ3v) is 18.6. The Morgan fingerprint density at radius 1 is 0.391 bits per heavy atom. The predicted molar refractivity (Wildman–Crippen MR) is 274 cm³/mol. The Morgan fingerprint density at radius 3 is 0.891 bits per heavy atom. The van der Waals surface area contributed by atoms with E-state index in [-0.39, 0.29) is 14.9 Å². The molecule has 0 radical (unpaired) electrons. The quantitative estimate of drug-likeness (QED) is 0.169. The molecule has 0 nitrogen and oxygen atoms in total. The second kappa shape index (κ2) is 20.5. The van der Waals surface area contributed by atoms with Crippen LogP contribution < -0.4 is 0 Å². The number of aryl methyl sites for hydroxylation is 8. The minimum atomic E-state index is -0.826. The van der Waals surface area contributed by atoms with Crippen molar-refractivity contribution >= 4 is 17.0 Å². The molecule has 0 spiro atoms. The van der Waals surface area contributed by atoms with Gasteiger partial charge in [0.25, 0.3) is 0 Å². The van der Waals surface area contributed by atoms with Crippen LogP contribution in [-0.4, -0.2) is 0 Å². The van der Waals surface area contributed by atoms with Crippen LogP contribution >= 0.6 is 17.0 Å². The van der Waals surface area contributed by atoms with E-state index in [1.54, 1.807) is 22.3 Å². The van der Waals surface area contributed by atoms with Gasteiger partial charge in [0, 0.05) is 0 Å². The van der Waals surface area contributed by atoms with E-state index < -0.39 is 20.8 Å². The number of rotatable bonds is 6. The van der Waals surface area contributed by atoms with Crippen molar-refractivity contribution in [1.29, 1.82) is 0 Å². The summed E-state index contributed by atoms with van der Waals surface area (Å²) in [4.78, 5) is 0. The van der Waals surface area contributed by atoms with Gasteiger partial charge in [0.1, 0.15) is 0 Å². The van der Waals surface area contributed by atoms with Crippen molar-refractivity contribution in [2.24, 2.45) is 71.0 Å². The summed E-state index contributed by atoms with van der Waals surface area (Å²) in [6, 6.07) is 30.8. The SMILES string of the molecule is Cc1cc(C)cc(C2C3CCCC3C(c3cc(C)cc(C)c3)C3C(CC4C(C)CC5C(c6cc(C)cc(C)c6)C6CCCC6C(c6cc(C)cc(C)c6)C45)C(C)CC23)c1.[CH3-].[CH3-].[Cl][Zr+2][Cl]. The van der Waals surface area contributed by atoms with Gasteiger partial charge in [0.2, 0.25) is 0 Å². The average Bonchev–Trinajstić information content (AvgIpc) is 3.98. The molecule has 0 heterocycles. The van der Waals surface area contributed by atoms with Gasteiger partial charge in [-0.25, -0.2) is 0 Å². The zero-order valence-corrected chi connectivity index (χ0v) is 45.8. The van der Waals surface area contributed by atoms with Crippen LogP contribution in [0.5, 0.6) is 0 Å². The molecule has 0 saturated heterocycles. The molecular weight excluding hydrogens is 895 g/mol. The van der Waals surface area contributed by atoms with Gasteiger partial charge in [-0.15, -0.1) is 0 Å².